The van der Waals surface area contributed by atoms with Gasteiger partial charge < -0.3 is 14.9 Å². The summed E-state index contributed by atoms with van der Waals surface area (Å²) in [5.74, 6) is -0.862. The Morgan fingerprint density at radius 2 is 2.11 bits per heavy atom. The molecule has 1 aliphatic rings. The van der Waals surface area contributed by atoms with Crippen LogP contribution in [0.25, 0.3) is 0 Å². The molecule has 1 atom stereocenters. The number of hydrogen-bond acceptors (Lipinski definition) is 3. The van der Waals surface area contributed by atoms with Crippen molar-refractivity contribution >= 4 is 12.4 Å². The van der Waals surface area contributed by atoms with Crippen LogP contribution < -0.4 is 0 Å². The summed E-state index contributed by atoms with van der Waals surface area (Å²) in [5.41, 5.74) is -1.01. The fourth-order valence-corrected chi connectivity index (χ4v) is 2.89. The number of carbonyl (C=O) groups is 2. The van der Waals surface area contributed by atoms with Crippen molar-refractivity contribution in [3.8, 4) is 0 Å². The predicted molar refractivity (Wildman–Crippen MR) is 74.0 cm³/mol. The third-order valence-electron chi connectivity index (χ3n) is 4.12. The SMILES string of the molecule is CCCN(C=O)C1(C(=O)O)CCCN(C(C)C)CC1. The van der Waals surface area contributed by atoms with E-state index >= 15 is 0 Å². The number of hydrogen-bond donors (Lipinski definition) is 1. The molecule has 0 spiro atoms. The average molecular weight is 270 g/mol. The van der Waals surface area contributed by atoms with E-state index in [1.165, 1.54) is 4.90 Å². The number of nitrogens with zero attached hydrogens (tertiary/aromatic N) is 2. The highest BCUT2D eigenvalue weighted by molar-refractivity contribution is 5.81. The van der Waals surface area contributed by atoms with Crippen LogP contribution in [0, 0.1) is 0 Å². The number of carbonyl (C=O) groups excluding carboxylic acids is 1. The first-order chi connectivity index (χ1) is 8.97. The smallest absolute Gasteiger partial charge is 0.329 e. The quantitative estimate of drug-likeness (QED) is 0.744. The first-order valence-corrected chi connectivity index (χ1v) is 7.17. The summed E-state index contributed by atoms with van der Waals surface area (Å²) in [6, 6.07) is 0.417. The third kappa shape index (κ3) is 3.47. The van der Waals surface area contributed by atoms with Crippen molar-refractivity contribution < 1.29 is 14.7 Å². The number of amides is 1. The van der Waals surface area contributed by atoms with E-state index in [1.807, 2.05) is 6.92 Å². The zero-order valence-electron chi connectivity index (χ0n) is 12.3. The summed E-state index contributed by atoms with van der Waals surface area (Å²) in [6.07, 6.45) is 3.37. The van der Waals surface area contributed by atoms with Gasteiger partial charge in [-0.05, 0) is 46.1 Å². The van der Waals surface area contributed by atoms with Gasteiger partial charge in [-0.3, -0.25) is 4.79 Å². The molecule has 19 heavy (non-hydrogen) atoms. The lowest BCUT2D eigenvalue weighted by Gasteiger charge is -2.37. The molecule has 1 heterocycles. The molecule has 0 saturated carbocycles. The number of likely N-dealkylation sites (tertiary alicyclic amines) is 1. The fourth-order valence-electron chi connectivity index (χ4n) is 2.89. The molecule has 1 fully saturated rings. The average Bonchev–Trinajstić information content (AvgIpc) is 2.59. The minimum Gasteiger partial charge on any atom is -0.479 e. The molecule has 5 heteroatoms. The lowest BCUT2D eigenvalue weighted by Crippen LogP contribution is -2.55. The maximum absolute atomic E-state index is 11.8. The lowest BCUT2D eigenvalue weighted by atomic mass is 9.88. The third-order valence-corrected chi connectivity index (χ3v) is 4.12. The second-order valence-electron chi connectivity index (χ2n) is 5.62. The zero-order valence-corrected chi connectivity index (χ0v) is 12.3. The number of aliphatic carboxylic acids is 1. The summed E-state index contributed by atoms with van der Waals surface area (Å²) in [7, 11) is 0. The highest BCUT2D eigenvalue weighted by atomic mass is 16.4. The molecule has 0 aromatic heterocycles. The van der Waals surface area contributed by atoms with Crippen LogP contribution in [-0.2, 0) is 9.59 Å². The topological polar surface area (TPSA) is 60.9 Å². The maximum atomic E-state index is 11.8. The van der Waals surface area contributed by atoms with Gasteiger partial charge in [-0.2, -0.15) is 0 Å². The van der Waals surface area contributed by atoms with Gasteiger partial charge in [0.1, 0.15) is 5.54 Å². The molecule has 0 aliphatic carbocycles. The largest absolute Gasteiger partial charge is 0.479 e. The van der Waals surface area contributed by atoms with Crippen LogP contribution in [0.15, 0.2) is 0 Å². The fraction of sp³-hybridized carbons (Fsp3) is 0.857. The van der Waals surface area contributed by atoms with Gasteiger partial charge in [0.2, 0.25) is 6.41 Å². The Morgan fingerprint density at radius 3 is 2.58 bits per heavy atom. The van der Waals surface area contributed by atoms with E-state index in [0.717, 1.165) is 25.9 Å². The van der Waals surface area contributed by atoms with Gasteiger partial charge in [-0.1, -0.05) is 6.92 Å². The van der Waals surface area contributed by atoms with Crippen LogP contribution in [0.4, 0.5) is 0 Å². The van der Waals surface area contributed by atoms with Crippen molar-refractivity contribution in [2.45, 2.75) is 58.0 Å². The molecule has 0 bridgehead atoms. The van der Waals surface area contributed by atoms with Crippen LogP contribution in [-0.4, -0.2) is 58.5 Å². The molecule has 1 amide bonds. The van der Waals surface area contributed by atoms with Crippen molar-refractivity contribution in [2.75, 3.05) is 19.6 Å². The molecule has 1 rings (SSSR count). The Kier molecular flexibility index (Phi) is 5.79. The molecule has 0 aromatic rings. The highest BCUT2D eigenvalue weighted by Crippen LogP contribution is 2.29. The highest BCUT2D eigenvalue weighted by Gasteiger charge is 2.44. The van der Waals surface area contributed by atoms with E-state index in [0.29, 0.717) is 31.8 Å². The second kappa shape index (κ2) is 6.89. The summed E-state index contributed by atoms with van der Waals surface area (Å²) in [4.78, 5) is 26.8. The zero-order chi connectivity index (χ0) is 14.5. The van der Waals surface area contributed by atoms with Gasteiger partial charge in [0.15, 0.2) is 0 Å². The van der Waals surface area contributed by atoms with Crippen LogP contribution in [0.3, 0.4) is 0 Å². The molecule has 1 N–H and O–H groups in total. The van der Waals surface area contributed by atoms with E-state index in [4.69, 9.17) is 0 Å². The van der Waals surface area contributed by atoms with Crippen molar-refractivity contribution in [3.63, 3.8) is 0 Å². The van der Waals surface area contributed by atoms with Crippen LogP contribution in [0.2, 0.25) is 0 Å². The van der Waals surface area contributed by atoms with Crippen molar-refractivity contribution in [2.24, 2.45) is 0 Å². The summed E-state index contributed by atoms with van der Waals surface area (Å²) < 4.78 is 0. The molecular weight excluding hydrogens is 244 g/mol. The monoisotopic (exact) mass is 270 g/mol. The molecule has 110 valence electrons. The van der Waals surface area contributed by atoms with E-state index in [9.17, 15) is 14.7 Å². The first-order valence-electron chi connectivity index (χ1n) is 7.17. The van der Waals surface area contributed by atoms with Crippen molar-refractivity contribution in [3.05, 3.63) is 0 Å². The molecule has 0 aromatic carbocycles. The molecule has 1 unspecified atom stereocenters. The van der Waals surface area contributed by atoms with Crippen molar-refractivity contribution in [1.82, 2.24) is 9.80 Å². The lowest BCUT2D eigenvalue weighted by molar-refractivity contribution is -0.156. The summed E-state index contributed by atoms with van der Waals surface area (Å²) in [5, 5.41) is 9.65. The Balaban J connectivity index is 2.93. The van der Waals surface area contributed by atoms with E-state index in [2.05, 4.69) is 18.7 Å². The Labute approximate surface area is 115 Å². The second-order valence-corrected chi connectivity index (χ2v) is 5.62. The molecule has 0 radical (unpaired) electrons. The van der Waals surface area contributed by atoms with Gasteiger partial charge in [0.05, 0.1) is 0 Å². The van der Waals surface area contributed by atoms with Gasteiger partial charge in [-0.25, -0.2) is 4.79 Å². The minimum absolute atomic E-state index is 0.417. The standard InChI is InChI=1S/C14H26N2O3/c1-4-8-16(11-17)14(13(18)19)6-5-9-15(10-7-14)12(2)3/h11-12H,4-10H2,1-3H3,(H,18,19). The van der Waals surface area contributed by atoms with E-state index in [-0.39, 0.29) is 0 Å². The summed E-state index contributed by atoms with van der Waals surface area (Å²) >= 11 is 0. The molecule has 5 nitrogen and oxygen atoms in total. The Bertz CT molecular complexity index is 320. The maximum Gasteiger partial charge on any atom is 0.329 e. The first kappa shape index (κ1) is 16.0. The van der Waals surface area contributed by atoms with Gasteiger partial charge in [0.25, 0.3) is 0 Å². The predicted octanol–water partition coefficient (Wildman–Crippen LogP) is 1.57. The van der Waals surface area contributed by atoms with Gasteiger partial charge in [0, 0.05) is 19.1 Å². The van der Waals surface area contributed by atoms with Gasteiger partial charge >= 0.3 is 5.97 Å². The molecule has 1 aliphatic heterocycles. The Morgan fingerprint density at radius 1 is 1.42 bits per heavy atom. The number of rotatable bonds is 6. The normalized spacial score (nSPS) is 25.1. The van der Waals surface area contributed by atoms with Gasteiger partial charge in [-0.15, -0.1) is 0 Å². The van der Waals surface area contributed by atoms with Crippen LogP contribution >= 0.6 is 0 Å². The number of carboxylic acid groups (broad SMARTS) is 1. The van der Waals surface area contributed by atoms with Crippen LogP contribution in [0.1, 0.15) is 46.5 Å². The minimum atomic E-state index is -1.01. The van der Waals surface area contributed by atoms with Crippen molar-refractivity contribution in [1.29, 1.82) is 0 Å². The number of carboxylic acids is 1. The molecular formula is C14H26N2O3. The molecule has 1 saturated heterocycles. The van der Waals surface area contributed by atoms with E-state index in [1.54, 1.807) is 0 Å². The van der Waals surface area contributed by atoms with E-state index < -0.39 is 11.5 Å². The summed E-state index contributed by atoms with van der Waals surface area (Å²) in [6.45, 7) is 8.36. The Hall–Kier alpha value is -1.10. The van der Waals surface area contributed by atoms with Crippen LogP contribution in [0.5, 0.6) is 0 Å².